The summed E-state index contributed by atoms with van der Waals surface area (Å²) in [6, 6.07) is 0. The van der Waals surface area contributed by atoms with Crippen LogP contribution < -0.4 is 0 Å². The molecule has 0 aliphatic heterocycles. The van der Waals surface area contributed by atoms with Crippen LogP contribution in [0.4, 0.5) is 17.6 Å². The normalized spacial score (nSPS) is 10.9. The molecule has 0 aliphatic carbocycles. The van der Waals surface area contributed by atoms with Crippen molar-refractivity contribution < 1.29 is 27.8 Å². The third-order valence-corrected chi connectivity index (χ3v) is 0.530. The van der Waals surface area contributed by atoms with Crippen LogP contribution in [0.25, 0.3) is 0 Å². The van der Waals surface area contributed by atoms with E-state index >= 15 is 0 Å². The number of alkyl halides is 4. The molecule has 0 saturated heterocycles. The predicted octanol–water partition coefficient (Wildman–Crippen LogP) is 0.878. The molecule has 0 atom stereocenters. The van der Waals surface area contributed by atoms with E-state index in [0.717, 1.165) is 0 Å². The van der Waals surface area contributed by atoms with Crippen molar-refractivity contribution in [3.8, 4) is 0 Å². The van der Waals surface area contributed by atoms with Gasteiger partial charge in [-0.15, -0.1) is 0 Å². The minimum atomic E-state index is -4.24. The summed E-state index contributed by atoms with van der Waals surface area (Å²) in [7, 11) is 0. The van der Waals surface area contributed by atoms with Crippen molar-refractivity contribution in [2.75, 3.05) is 13.2 Å². The molecule has 0 rings (SSSR count). The molecule has 0 spiro atoms. The van der Waals surface area contributed by atoms with Gasteiger partial charge in [0.25, 0.3) is 0 Å². The number of hydrogen-bond acceptors (Lipinski definition) is 2. The Kier molecular flexibility index (Phi) is 7.65. The van der Waals surface area contributed by atoms with Gasteiger partial charge in [0.1, 0.15) is 6.61 Å². The van der Waals surface area contributed by atoms with E-state index in [1.807, 2.05) is 0 Å². The number of rotatable bonds is 2. The van der Waals surface area contributed by atoms with Gasteiger partial charge in [-0.3, -0.25) is 0 Å². The molecule has 0 aromatic rings. The second-order valence-electron chi connectivity index (χ2n) is 1.54. The second-order valence-corrected chi connectivity index (χ2v) is 1.54. The molecular weight excluding hydrogens is 168 g/mol. The van der Waals surface area contributed by atoms with Crippen molar-refractivity contribution in [1.29, 1.82) is 0 Å². The van der Waals surface area contributed by atoms with Crippen molar-refractivity contribution in [3.63, 3.8) is 0 Å². The Morgan fingerprint density at radius 2 is 1.55 bits per heavy atom. The zero-order valence-electron chi connectivity index (χ0n) is 5.90. The molecule has 0 aromatic carbocycles. The molecule has 0 saturated carbocycles. The van der Waals surface area contributed by atoms with Gasteiger partial charge < -0.3 is 10.2 Å². The Bertz CT molecular complexity index is 86.6. The van der Waals surface area contributed by atoms with Crippen LogP contribution in [0.3, 0.4) is 0 Å². The quantitative estimate of drug-likeness (QED) is 0.616. The standard InChI is InChI=1S/C3H4F4O.C2H6O/c4-2(5)3(6,7)1-8;1-2-3/h2,8H,1H2;3H,2H2,1H3. The van der Waals surface area contributed by atoms with Gasteiger partial charge >= 0.3 is 12.3 Å². The van der Waals surface area contributed by atoms with E-state index in [2.05, 4.69) is 0 Å². The van der Waals surface area contributed by atoms with Crippen LogP contribution in [0.15, 0.2) is 0 Å². The summed E-state index contributed by atoms with van der Waals surface area (Å²) in [6.07, 6.45) is -3.77. The molecule has 0 unspecified atom stereocenters. The molecule has 0 amide bonds. The molecule has 0 aromatic heterocycles. The van der Waals surface area contributed by atoms with Crippen molar-refractivity contribution >= 4 is 0 Å². The van der Waals surface area contributed by atoms with Crippen molar-refractivity contribution in [1.82, 2.24) is 0 Å². The Hall–Kier alpha value is -0.360. The lowest BCUT2D eigenvalue weighted by molar-refractivity contribution is -0.153. The number of hydrogen-bond donors (Lipinski definition) is 2. The van der Waals surface area contributed by atoms with Crippen molar-refractivity contribution in [3.05, 3.63) is 0 Å². The first-order valence-electron chi connectivity index (χ1n) is 2.80. The first-order valence-corrected chi connectivity index (χ1v) is 2.80. The SMILES string of the molecule is CCO.OCC(F)(F)C(F)F. The first kappa shape index (κ1) is 13.2. The predicted molar refractivity (Wildman–Crippen MR) is 30.8 cm³/mol. The van der Waals surface area contributed by atoms with Gasteiger partial charge in [-0.05, 0) is 6.92 Å². The maximum Gasteiger partial charge on any atom is 0.329 e. The average Bonchev–Trinajstić information content (AvgIpc) is 1.89. The molecule has 11 heavy (non-hydrogen) atoms. The number of halogens is 4. The molecule has 0 bridgehead atoms. The summed E-state index contributed by atoms with van der Waals surface area (Å²) in [4.78, 5) is 0. The lowest BCUT2D eigenvalue weighted by atomic mass is 10.4. The fraction of sp³-hybridized carbons (Fsp3) is 1.00. The zero-order chi connectivity index (χ0) is 9.49. The summed E-state index contributed by atoms with van der Waals surface area (Å²) in [5, 5.41) is 15.1. The van der Waals surface area contributed by atoms with E-state index < -0.39 is 19.0 Å². The topological polar surface area (TPSA) is 40.5 Å². The molecule has 70 valence electrons. The largest absolute Gasteiger partial charge is 0.397 e. The second kappa shape index (κ2) is 6.36. The Labute approximate surface area is 61.5 Å². The maximum atomic E-state index is 11.3. The van der Waals surface area contributed by atoms with Crippen LogP contribution in [-0.4, -0.2) is 35.8 Å². The van der Waals surface area contributed by atoms with Crippen molar-refractivity contribution in [2.24, 2.45) is 0 Å². The first-order chi connectivity index (χ1) is 4.92. The van der Waals surface area contributed by atoms with Gasteiger partial charge in [0.05, 0.1) is 0 Å². The molecule has 0 heterocycles. The summed E-state index contributed by atoms with van der Waals surface area (Å²) >= 11 is 0. The molecule has 0 fully saturated rings. The Morgan fingerprint density at radius 1 is 1.27 bits per heavy atom. The van der Waals surface area contributed by atoms with Crippen LogP contribution in [0.1, 0.15) is 6.92 Å². The molecule has 2 N–H and O–H groups in total. The lowest BCUT2D eigenvalue weighted by Crippen LogP contribution is -2.30. The van der Waals surface area contributed by atoms with Gasteiger partial charge in [0.15, 0.2) is 0 Å². The molecule has 0 aliphatic rings. The lowest BCUT2D eigenvalue weighted by Gasteiger charge is -2.09. The van der Waals surface area contributed by atoms with E-state index in [-0.39, 0.29) is 6.61 Å². The van der Waals surface area contributed by atoms with Crippen LogP contribution in [0.5, 0.6) is 0 Å². The van der Waals surface area contributed by atoms with E-state index in [0.29, 0.717) is 0 Å². The third-order valence-electron chi connectivity index (χ3n) is 0.530. The van der Waals surface area contributed by atoms with Gasteiger partial charge in [-0.25, -0.2) is 8.78 Å². The van der Waals surface area contributed by atoms with E-state index in [4.69, 9.17) is 10.2 Å². The average molecular weight is 178 g/mol. The molecule has 6 heteroatoms. The highest BCUT2D eigenvalue weighted by atomic mass is 19.3. The zero-order valence-corrected chi connectivity index (χ0v) is 5.90. The third kappa shape index (κ3) is 7.54. The van der Waals surface area contributed by atoms with Crippen molar-refractivity contribution in [2.45, 2.75) is 19.3 Å². The fourth-order valence-corrected chi connectivity index (χ4v) is 0.0690. The highest BCUT2D eigenvalue weighted by molar-refractivity contribution is 4.65. The summed E-state index contributed by atoms with van der Waals surface area (Å²) in [5.74, 6) is -4.24. The smallest absolute Gasteiger partial charge is 0.329 e. The van der Waals surface area contributed by atoms with Gasteiger partial charge in [-0.1, -0.05) is 0 Å². The summed E-state index contributed by atoms with van der Waals surface area (Å²) in [5.41, 5.74) is 0. The number of aliphatic hydroxyl groups excluding tert-OH is 2. The van der Waals surface area contributed by atoms with Gasteiger partial charge in [-0.2, -0.15) is 8.78 Å². The minimum Gasteiger partial charge on any atom is -0.397 e. The van der Waals surface area contributed by atoms with Crippen LogP contribution in [0, 0.1) is 0 Å². The molecule has 2 nitrogen and oxygen atoms in total. The molecule has 0 radical (unpaired) electrons. The minimum absolute atomic E-state index is 0.250. The van der Waals surface area contributed by atoms with Crippen LogP contribution >= 0.6 is 0 Å². The summed E-state index contributed by atoms with van der Waals surface area (Å²) < 4.78 is 44.4. The highest BCUT2D eigenvalue weighted by Gasteiger charge is 2.39. The summed E-state index contributed by atoms with van der Waals surface area (Å²) in [6.45, 7) is 0.130. The highest BCUT2D eigenvalue weighted by Crippen LogP contribution is 2.20. The maximum absolute atomic E-state index is 11.3. The van der Waals surface area contributed by atoms with Gasteiger partial charge in [0, 0.05) is 6.61 Å². The fourth-order valence-electron chi connectivity index (χ4n) is 0.0690. The van der Waals surface area contributed by atoms with Crippen LogP contribution in [0.2, 0.25) is 0 Å². The Morgan fingerprint density at radius 3 is 1.55 bits per heavy atom. The van der Waals surface area contributed by atoms with E-state index in [9.17, 15) is 17.6 Å². The Balaban J connectivity index is 0. The van der Waals surface area contributed by atoms with E-state index in [1.165, 1.54) is 0 Å². The molecular formula is C5H10F4O2. The van der Waals surface area contributed by atoms with E-state index in [1.54, 1.807) is 6.92 Å². The monoisotopic (exact) mass is 178 g/mol. The van der Waals surface area contributed by atoms with Crippen LogP contribution in [-0.2, 0) is 0 Å². The number of aliphatic hydroxyl groups is 2. The van der Waals surface area contributed by atoms with Gasteiger partial charge in [0.2, 0.25) is 0 Å².